The lowest BCUT2D eigenvalue weighted by molar-refractivity contribution is -0.159. The van der Waals surface area contributed by atoms with E-state index in [1.807, 2.05) is 24.4 Å². The highest BCUT2D eigenvalue weighted by molar-refractivity contribution is 7.10. The second-order valence-electron chi connectivity index (χ2n) is 6.64. The van der Waals surface area contributed by atoms with Crippen molar-refractivity contribution in [3.8, 4) is 0 Å². The number of nitrogens with zero attached hydrogens (tertiary/aromatic N) is 1. The maximum absolute atomic E-state index is 13.0. The van der Waals surface area contributed by atoms with Crippen molar-refractivity contribution in [3.63, 3.8) is 0 Å². The van der Waals surface area contributed by atoms with E-state index in [1.54, 1.807) is 16.2 Å². The monoisotopic (exact) mass is 350 g/mol. The van der Waals surface area contributed by atoms with E-state index in [0.29, 0.717) is 19.6 Å². The molecule has 0 radical (unpaired) electrons. The van der Waals surface area contributed by atoms with Crippen LogP contribution < -0.4 is 5.32 Å². The van der Waals surface area contributed by atoms with Crippen molar-refractivity contribution in [2.45, 2.75) is 63.6 Å². The van der Waals surface area contributed by atoms with E-state index in [4.69, 9.17) is 4.74 Å². The quantitative estimate of drug-likeness (QED) is 0.888. The van der Waals surface area contributed by atoms with E-state index >= 15 is 0 Å². The first kappa shape index (κ1) is 17.4. The lowest BCUT2D eigenvalue weighted by Crippen LogP contribution is -2.56. The zero-order valence-corrected chi connectivity index (χ0v) is 15.1. The van der Waals surface area contributed by atoms with Crippen LogP contribution in [0.15, 0.2) is 17.5 Å². The Bertz CT molecular complexity index is 567. The largest absolute Gasteiger partial charge is 0.354 e. The third-order valence-electron chi connectivity index (χ3n) is 4.92. The van der Waals surface area contributed by atoms with E-state index in [0.717, 1.165) is 37.0 Å². The molecule has 24 heavy (non-hydrogen) atoms. The number of carbonyl (C=O) groups is 2. The molecule has 1 aliphatic carbocycles. The molecule has 2 heterocycles. The molecule has 1 saturated heterocycles. The Morgan fingerprint density at radius 2 is 2.17 bits per heavy atom. The van der Waals surface area contributed by atoms with E-state index in [1.165, 1.54) is 6.42 Å². The summed E-state index contributed by atoms with van der Waals surface area (Å²) in [5.41, 5.74) is -0.569. The van der Waals surface area contributed by atoms with Crippen LogP contribution in [-0.4, -0.2) is 41.6 Å². The summed E-state index contributed by atoms with van der Waals surface area (Å²) < 4.78 is 6.10. The predicted molar refractivity (Wildman–Crippen MR) is 93.7 cm³/mol. The van der Waals surface area contributed by atoms with Gasteiger partial charge < -0.3 is 10.1 Å². The highest BCUT2D eigenvalue weighted by Gasteiger charge is 2.52. The Balaban J connectivity index is 1.80. The van der Waals surface area contributed by atoms with Crippen LogP contribution in [0.2, 0.25) is 0 Å². The number of thiophene rings is 1. The van der Waals surface area contributed by atoms with Gasteiger partial charge in [0.1, 0.15) is 11.8 Å². The zero-order chi connectivity index (χ0) is 17.0. The SMILES string of the molecule is CCCNC(=O)[C@H]1COC2(CCCCC2)N1C(=O)Cc1cccs1. The van der Waals surface area contributed by atoms with Crippen LogP contribution in [0.25, 0.3) is 0 Å². The maximum Gasteiger partial charge on any atom is 0.245 e. The van der Waals surface area contributed by atoms with Gasteiger partial charge in [-0.1, -0.05) is 19.4 Å². The molecule has 1 N–H and O–H groups in total. The van der Waals surface area contributed by atoms with Crippen LogP contribution in [0.1, 0.15) is 50.3 Å². The molecular formula is C18H26N2O3S. The van der Waals surface area contributed by atoms with E-state index < -0.39 is 11.8 Å². The molecule has 1 aliphatic heterocycles. The second-order valence-corrected chi connectivity index (χ2v) is 7.68. The molecule has 2 aliphatic rings. The van der Waals surface area contributed by atoms with Gasteiger partial charge in [0.05, 0.1) is 13.0 Å². The summed E-state index contributed by atoms with van der Waals surface area (Å²) in [6.45, 7) is 2.97. The summed E-state index contributed by atoms with van der Waals surface area (Å²) in [6, 6.07) is 3.43. The first-order valence-electron chi connectivity index (χ1n) is 8.92. The summed E-state index contributed by atoms with van der Waals surface area (Å²) in [4.78, 5) is 28.4. The number of carbonyl (C=O) groups excluding carboxylic acids is 2. The maximum atomic E-state index is 13.0. The molecule has 2 fully saturated rings. The molecule has 0 unspecified atom stereocenters. The molecule has 6 heteroatoms. The molecule has 2 amide bonds. The van der Waals surface area contributed by atoms with E-state index in [9.17, 15) is 9.59 Å². The number of hydrogen-bond acceptors (Lipinski definition) is 4. The van der Waals surface area contributed by atoms with Crippen molar-refractivity contribution in [2.75, 3.05) is 13.2 Å². The van der Waals surface area contributed by atoms with Gasteiger partial charge in [0.25, 0.3) is 0 Å². The van der Waals surface area contributed by atoms with Crippen molar-refractivity contribution < 1.29 is 14.3 Å². The second kappa shape index (κ2) is 7.66. The van der Waals surface area contributed by atoms with Gasteiger partial charge in [-0.15, -0.1) is 11.3 Å². The normalized spacial score (nSPS) is 22.7. The Morgan fingerprint density at radius 1 is 1.38 bits per heavy atom. The van der Waals surface area contributed by atoms with Gasteiger partial charge in [-0.05, 0) is 43.6 Å². The van der Waals surface area contributed by atoms with Gasteiger partial charge in [-0.3, -0.25) is 14.5 Å². The minimum absolute atomic E-state index is 0.00787. The Hall–Kier alpha value is -1.40. The molecule has 1 aromatic rings. The Labute approximate surface area is 147 Å². The van der Waals surface area contributed by atoms with Crippen LogP contribution in [0.3, 0.4) is 0 Å². The molecule has 1 atom stereocenters. The van der Waals surface area contributed by atoms with Gasteiger partial charge in [-0.25, -0.2) is 0 Å². The smallest absolute Gasteiger partial charge is 0.245 e. The topological polar surface area (TPSA) is 58.6 Å². The zero-order valence-electron chi connectivity index (χ0n) is 14.3. The number of hydrogen-bond donors (Lipinski definition) is 1. The van der Waals surface area contributed by atoms with Crippen molar-refractivity contribution >= 4 is 23.2 Å². The lowest BCUT2D eigenvalue weighted by atomic mass is 9.90. The Kier molecular flexibility index (Phi) is 5.56. The lowest BCUT2D eigenvalue weighted by Gasteiger charge is -2.41. The Morgan fingerprint density at radius 3 is 2.83 bits per heavy atom. The minimum atomic E-state index is -0.569. The van der Waals surface area contributed by atoms with Gasteiger partial charge in [-0.2, -0.15) is 0 Å². The molecule has 0 bridgehead atoms. The van der Waals surface area contributed by atoms with Crippen LogP contribution >= 0.6 is 11.3 Å². The number of rotatable bonds is 5. The van der Waals surface area contributed by atoms with Gasteiger partial charge in [0.2, 0.25) is 11.8 Å². The van der Waals surface area contributed by atoms with E-state index in [2.05, 4.69) is 5.32 Å². The summed E-state index contributed by atoms with van der Waals surface area (Å²) in [5.74, 6) is -0.0765. The fraction of sp³-hybridized carbons (Fsp3) is 0.667. The van der Waals surface area contributed by atoms with Crippen molar-refractivity contribution in [3.05, 3.63) is 22.4 Å². The number of nitrogens with one attached hydrogen (secondary N) is 1. The summed E-state index contributed by atoms with van der Waals surface area (Å²) >= 11 is 1.58. The number of amides is 2. The summed E-state index contributed by atoms with van der Waals surface area (Å²) in [6.07, 6.45) is 6.17. The van der Waals surface area contributed by atoms with E-state index in [-0.39, 0.29) is 11.8 Å². The summed E-state index contributed by atoms with van der Waals surface area (Å²) in [5, 5.41) is 4.91. The van der Waals surface area contributed by atoms with Crippen LogP contribution in [0.4, 0.5) is 0 Å². The third kappa shape index (κ3) is 3.49. The molecule has 3 rings (SSSR count). The predicted octanol–water partition coefficient (Wildman–Crippen LogP) is 2.70. The highest BCUT2D eigenvalue weighted by atomic mass is 32.1. The van der Waals surface area contributed by atoms with Crippen molar-refractivity contribution in [1.29, 1.82) is 0 Å². The first-order valence-corrected chi connectivity index (χ1v) is 9.80. The van der Waals surface area contributed by atoms with Crippen LogP contribution in [0.5, 0.6) is 0 Å². The minimum Gasteiger partial charge on any atom is -0.354 e. The number of ether oxygens (including phenoxy) is 1. The molecular weight excluding hydrogens is 324 g/mol. The molecule has 1 aromatic heterocycles. The van der Waals surface area contributed by atoms with Gasteiger partial charge in [0.15, 0.2) is 0 Å². The molecule has 0 aromatic carbocycles. The molecule has 132 valence electrons. The average molecular weight is 350 g/mol. The van der Waals surface area contributed by atoms with Gasteiger partial charge in [0, 0.05) is 11.4 Å². The van der Waals surface area contributed by atoms with Gasteiger partial charge >= 0.3 is 0 Å². The average Bonchev–Trinajstić information content (AvgIpc) is 3.21. The third-order valence-corrected chi connectivity index (χ3v) is 5.80. The highest BCUT2D eigenvalue weighted by Crippen LogP contribution is 2.41. The fourth-order valence-corrected chi connectivity index (χ4v) is 4.45. The van der Waals surface area contributed by atoms with Crippen molar-refractivity contribution in [2.24, 2.45) is 0 Å². The molecule has 1 saturated carbocycles. The summed E-state index contributed by atoms with van der Waals surface area (Å²) in [7, 11) is 0. The van der Waals surface area contributed by atoms with Crippen molar-refractivity contribution in [1.82, 2.24) is 10.2 Å². The standard InChI is InChI=1S/C18H26N2O3S/c1-2-10-19-17(22)15-13-23-18(8-4-3-5-9-18)20(15)16(21)12-14-7-6-11-24-14/h6-7,11,15H,2-5,8-10,12-13H2,1H3,(H,19,22)/t15-/m1/s1. The molecule has 5 nitrogen and oxygen atoms in total. The van der Waals surface area contributed by atoms with Crippen LogP contribution in [0, 0.1) is 0 Å². The first-order chi connectivity index (χ1) is 11.7. The van der Waals surface area contributed by atoms with Crippen LogP contribution in [-0.2, 0) is 20.7 Å². The molecule has 1 spiro atoms. The fourth-order valence-electron chi connectivity index (χ4n) is 3.76.